The Kier molecular flexibility index (Phi) is 4.09. The van der Waals surface area contributed by atoms with E-state index in [1.807, 2.05) is 22.4 Å². The number of carbonyl (C=O) groups excluding carboxylic acids is 1. The van der Waals surface area contributed by atoms with Gasteiger partial charge in [-0.15, -0.1) is 15.7 Å². The number of likely N-dealkylation sites (tertiary alicyclic amines) is 1. The van der Waals surface area contributed by atoms with Crippen LogP contribution in [0.5, 0.6) is 0 Å². The Bertz CT molecular complexity index is 936. The topological polar surface area (TPSA) is 78.8 Å². The number of fused-ring (bicyclic) bond motifs is 1. The Balaban J connectivity index is 1.57. The van der Waals surface area contributed by atoms with Gasteiger partial charge in [0, 0.05) is 17.0 Å². The quantitative estimate of drug-likeness (QED) is 0.890. The lowest BCUT2D eigenvalue weighted by molar-refractivity contribution is -0.124. The highest BCUT2D eigenvalue weighted by molar-refractivity contribution is 7.90. The Morgan fingerprint density at radius 1 is 1.28 bits per heavy atom. The lowest BCUT2D eigenvalue weighted by Crippen LogP contribution is -2.45. The fraction of sp³-hybridized carbons (Fsp3) is 0.294. The Hall–Kier alpha value is -2.19. The van der Waals surface area contributed by atoms with Crippen LogP contribution in [0.4, 0.5) is 0 Å². The minimum absolute atomic E-state index is 0.0876. The second kappa shape index (κ2) is 6.27. The summed E-state index contributed by atoms with van der Waals surface area (Å²) in [6.07, 6.45) is 1.52. The number of nitrogens with zero attached hydrogens (tertiary/aromatic N) is 2. The van der Waals surface area contributed by atoms with Gasteiger partial charge in [-0.05, 0) is 36.4 Å². The molecule has 0 saturated carbocycles. The normalized spacial score (nSPS) is 21.0. The predicted octanol–water partition coefficient (Wildman–Crippen LogP) is 1.98. The van der Waals surface area contributed by atoms with E-state index >= 15 is 0 Å². The van der Waals surface area contributed by atoms with Crippen LogP contribution in [0.1, 0.15) is 23.3 Å². The number of amidine groups is 1. The number of benzene rings is 1. The average Bonchev–Trinajstić information content (AvgIpc) is 3.32. The standard InChI is InChI=1S/C17H17N3O3S2/c21-17(18-11-12-5-4-10-24-12)14-7-3-9-20(14)16-13-6-1-2-8-15(13)25(22,23)19-16/h1-2,4-6,8,10,14H,3,7,9,11H2,(H,18,21)/t14-/m0/s1. The molecule has 1 atom stereocenters. The van der Waals surface area contributed by atoms with Gasteiger partial charge in [0.05, 0.1) is 6.54 Å². The Labute approximate surface area is 150 Å². The van der Waals surface area contributed by atoms with Crippen LogP contribution in [0.2, 0.25) is 0 Å². The van der Waals surface area contributed by atoms with Crippen LogP contribution in [0.3, 0.4) is 0 Å². The molecule has 1 saturated heterocycles. The number of nitrogens with one attached hydrogen (secondary N) is 1. The van der Waals surface area contributed by atoms with E-state index in [1.54, 1.807) is 35.6 Å². The number of thiophene rings is 1. The third kappa shape index (κ3) is 2.96. The fourth-order valence-electron chi connectivity index (χ4n) is 3.29. The molecular weight excluding hydrogens is 358 g/mol. The number of hydrogen-bond acceptors (Lipinski definition) is 5. The molecule has 6 nitrogen and oxygen atoms in total. The van der Waals surface area contributed by atoms with Crippen molar-refractivity contribution >= 4 is 33.1 Å². The molecule has 8 heteroatoms. The minimum Gasteiger partial charge on any atom is -0.349 e. The Morgan fingerprint density at radius 3 is 2.92 bits per heavy atom. The van der Waals surface area contributed by atoms with E-state index in [4.69, 9.17) is 0 Å². The molecule has 0 unspecified atom stereocenters. The fourth-order valence-corrected chi connectivity index (χ4v) is 5.16. The molecule has 0 spiro atoms. The molecule has 1 amide bonds. The third-order valence-electron chi connectivity index (χ3n) is 4.46. The highest BCUT2D eigenvalue weighted by Crippen LogP contribution is 2.31. The van der Waals surface area contributed by atoms with Crippen LogP contribution in [-0.4, -0.2) is 37.6 Å². The zero-order chi connectivity index (χ0) is 17.4. The monoisotopic (exact) mass is 375 g/mol. The number of hydrogen-bond donors (Lipinski definition) is 1. The first-order valence-electron chi connectivity index (χ1n) is 8.07. The van der Waals surface area contributed by atoms with Crippen molar-refractivity contribution in [2.24, 2.45) is 4.40 Å². The zero-order valence-electron chi connectivity index (χ0n) is 13.4. The van der Waals surface area contributed by atoms with Gasteiger partial charge >= 0.3 is 0 Å². The lowest BCUT2D eigenvalue weighted by Gasteiger charge is -2.25. The molecule has 0 radical (unpaired) electrons. The third-order valence-corrected chi connectivity index (χ3v) is 6.66. The van der Waals surface area contributed by atoms with E-state index in [2.05, 4.69) is 9.71 Å². The van der Waals surface area contributed by atoms with Crippen LogP contribution in [0.25, 0.3) is 0 Å². The van der Waals surface area contributed by atoms with Gasteiger partial charge in [0.1, 0.15) is 10.9 Å². The summed E-state index contributed by atoms with van der Waals surface area (Å²) in [5, 5.41) is 4.92. The molecule has 1 aromatic heterocycles. The highest BCUT2D eigenvalue weighted by atomic mass is 32.2. The van der Waals surface area contributed by atoms with Gasteiger partial charge in [0.25, 0.3) is 10.0 Å². The Morgan fingerprint density at radius 2 is 2.12 bits per heavy atom. The number of carbonyl (C=O) groups is 1. The first-order valence-corrected chi connectivity index (χ1v) is 10.4. The van der Waals surface area contributed by atoms with Crippen LogP contribution in [0.15, 0.2) is 51.1 Å². The summed E-state index contributed by atoms with van der Waals surface area (Å²) in [5.74, 6) is 0.305. The largest absolute Gasteiger partial charge is 0.349 e. The second-order valence-corrected chi connectivity index (χ2v) is 8.64. The lowest BCUT2D eigenvalue weighted by atomic mass is 10.1. The van der Waals surface area contributed by atoms with E-state index < -0.39 is 10.0 Å². The first kappa shape index (κ1) is 16.3. The van der Waals surface area contributed by atoms with Crippen LogP contribution in [0, 0.1) is 0 Å². The zero-order valence-corrected chi connectivity index (χ0v) is 15.0. The summed E-state index contributed by atoms with van der Waals surface area (Å²) in [5.41, 5.74) is 0.584. The van der Waals surface area contributed by atoms with Crippen molar-refractivity contribution in [1.29, 1.82) is 0 Å². The minimum atomic E-state index is -3.67. The van der Waals surface area contributed by atoms with Crippen molar-refractivity contribution in [3.05, 3.63) is 52.2 Å². The van der Waals surface area contributed by atoms with Crippen LogP contribution < -0.4 is 5.32 Å². The molecule has 130 valence electrons. The maximum Gasteiger partial charge on any atom is 0.285 e. The highest BCUT2D eigenvalue weighted by Gasteiger charge is 2.39. The van der Waals surface area contributed by atoms with Crippen molar-refractivity contribution in [1.82, 2.24) is 10.2 Å². The molecule has 2 aliphatic rings. The van der Waals surface area contributed by atoms with Gasteiger partial charge in [-0.25, -0.2) is 0 Å². The van der Waals surface area contributed by atoms with Crippen molar-refractivity contribution in [3.8, 4) is 0 Å². The van der Waals surface area contributed by atoms with E-state index in [1.165, 1.54) is 0 Å². The van der Waals surface area contributed by atoms with Gasteiger partial charge in [0.15, 0.2) is 5.84 Å². The first-order chi connectivity index (χ1) is 12.1. The van der Waals surface area contributed by atoms with Gasteiger partial charge in [-0.2, -0.15) is 8.42 Å². The molecule has 4 rings (SSSR count). The smallest absolute Gasteiger partial charge is 0.285 e. The van der Waals surface area contributed by atoms with Crippen molar-refractivity contribution in [2.75, 3.05) is 6.54 Å². The molecule has 3 heterocycles. The van der Waals surface area contributed by atoms with Gasteiger partial charge in [-0.3, -0.25) is 4.79 Å². The van der Waals surface area contributed by atoms with Crippen molar-refractivity contribution < 1.29 is 13.2 Å². The summed E-state index contributed by atoms with van der Waals surface area (Å²) in [6.45, 7) is 1.11. The molecule has 25 heavy (non-hydrogen) atoms. The molecule has 0 aliphatic carbocycles. The summed E-state index contributed by atoms with van der Waals surface area (Å²) >= 11 is 1.59. The average molecular weight is 375 g/mol. The predicted molar refractivity (Wildman–Crippen MR) is 96.1 cm³/mol. The second-order valence-electron chi connectivity index (χ2n) is 6.03. The van der Waals surface area contributed by atoms with E-state index in [9.17, 15) is 13.2 Å². The van der Waals surface area contributed by atoms with Gasteiger partial charge < -0.3 is 10.2 Å². The molecule has 2 aliphatic heterocycles. The maximum absolute atomic E-state index is 12.6. The van der Waals surface area contributed by atoms with E-state index in [0.29, 0.717) is 30.9 Å². The SMILES string of the molecule is O=C(NCc1cccs1)[C@@H]1CCCN1C1=NS(=O)(=O)c2ccccc21. The van der Waals surface area contributed by atoms with Crippen molar-refractivity contribution in [3.63, 3.8) is 0 Å². The summed E-state index contributed by atoms with van der Waals surface area (Å²) < 4.78 is 28.5. The van der Waals surface area contributed by atoms with Crippen LogP contribution >= 0.6 is 11.3 Å². The summed E-state index contributed by atoms with van der Waals surface area (Å²) in [6, 6.07) is 10.3. The van der Waals surface area contributed by atoms with E-state index in [0.717, 1.165) is 11.3 Å². The van der Waals surface area contributed by atoms with Crippen LogP contribution in [-0.2, 0) is 21.4 Å². The molecule has 1 N–H and O–H groups in total. The summed E-state index contributed by atoms with van der Waals surface area (Å²) in [4.78, 5) is 15.8. The molecule has 1 fully saturated rings. The van der Waals surface area contributed by atoms with Gasteiger partial charge in [0.2, 0.25) is 5.91 Å². The van der Waals surface area contributed by atoms with Gasteiger partial charge in [-0.1, -0.05) is 18.2 Å². The maximum atomic E-state index is 12.6. The molecular formula is C17H17N3O3S2. The molecule has 1 aromatic carbocycles. The summed E-state index contributed by atoms with van der Waals surface area (Å²) in [7, 11) is -3.67. The number of rotatable bonds is 3. The van der Waals surface area contributed by atoms with E-state index in [-0.39, 0.29) is 16.8 Å². The number of sulfonamides is 1. The molecule has 2 aromatic rings. The van der Waals surface area contributed by atoms with Crippen molar-refractivity contribution in [2.45, 2.75) is 30.3 Å². The number of amides is 1. The molecule has 0 bridgehead atoms.